The largest absolute Gasteiger partial charge is 0.506 e. The van der Waals surface area contributed by atoms with Crippen molar-refractivity contribution in [1.82, 2.24) is 4.90 Å². The number of hydrogen-bond acceptors (Lipinski definition) is 11. The lowest BCUT2D eigenvalue weighted by Gasteiger charge is -2.23. The minimum Gasteiger partial charge on any atom is -0.506 e. The summed E-state index contributed by atoms with van der Waals surface area (Å²) in [6, 6.07) is 21.8. The smallest absolute Gasteiger partial charge is 0.303 e. The molecule has 4 aliphatic rings. The number of ether oxygens (including phenoxy) is 2. The van der Waals surface area contributed by atoms with Gasteiger partial charge >= 0.3 is 11.9 Å². The molecule has 296 valence electrons. The van der Waals surface area contributed by atoms with E-state index in [0.29, 0.717) is 16.8 Å². The zero-order chi connectivity index (χ0) is 40.9. The third-order valence-electron chi connectivity index (χ3n) is 10.3. The van der Waals surface area contributed by atoms with E-state index in [2.05, 4.69) is 20.1 Å². The van der Waals surface area contributed by atoms with Crippen molar-refractivity contribution >= 4 is 58.0 Å². The number of carbonyl (C=O) groups excluding carboxylic acids is 6. The Kier molecular flexibility index (Phi) is 11.6. The first-order valence-electron chi connectivity index (χ1n) is 19.2. The van der Waals surface area contributed by atoms with Crippen LogP contribution in [0.1, 0.15) is 68.4 Å². The number of nitrogens with one attached hydrogen (secondary N) is 1. The van der Waals surface area contributed by atoms with E-state index in [-0.39, 0.29) is 33.7 Å². The first-order chi connectivity index (χ1) is 28.0. The van der Waals surface area contributed by atoms with Crippen molar-refractivity contribution in [3.05, 3.63) is 136 Å². The average molecular weight is 783 g/mol. The molecule has 3 aromatic carbocycles. The minimum atomic E-state index is -1.40. The van der Waals surface area contributed by atoms with Gasteiger partial charge in [-0.1, -0.05) is 60.7 Å². The van der Waals surface area contributed by atoms with E-state index in [0.717, 1.165) is 57.5 Å². The topological polar surface area (TPSA) is 172 Å². The monoisotopic (exact) mass is 782 g/mol. The number of benzene rings is 3. The second-order valence-electron chi connectivity index (χ2n) is 14.3. The molecule has 2 N–H and O–H groups in total. The number of rotatable bonds is 10. The van der Waals surface area contributed by atoms with Crippen LogP contribution in [0.25, 0.3) is 5.57 Å². The van der Waals surface area contributed by atoms with Gasteiger partial charge in [-0.05, 0) is 62.1 Å². The molecule has 2 aliphatic carbocycles. The number of nitrogens with zero attached hydrogens (tertiary/aromatic N) is 3. The number of amides is 2. The van der Waals surface area contributed by atoms with Gasteiger partial charge in [-0.3, -0.25) is 28.8 Å². The number of anilines is 2. The molecule has 58 heavy (non-hydrogen) atoms. The van der Waals surface area contributed by atoms with Gasteiger partial charge in [0.15, 0.2) is 0 Å². The fourth-order valence-electron chi connectivity index (χ4n) is 7.59. The van der Waals surface area contributed by atoms with Crippen LogP contribution in [0.2, 0.25) is 0 Å². The van der Waals surface area contributed by atoms with Crippen molar-refractivity contribution in [2.45, 2.75) is 51.7 Å². The Morgan fingerprint density at radius 2 is 1.26 bits per heavy atom. The molecule has 2 unspecified atom stereocenters. The molecule has 0 bridgehead atoms. The quantitative estimate of drug-likeness (QED) is 0.139. The van der Waals surface area contributed by atoms with Gasteiger partial charge in [0.25, 0.3) is 11.8 Å². The summed E-state index contributed by atoms with van der Waals surface area (Å²) in [5.41, 5.74) is 1.63. The SMILES string of the molecule is CC(=O)OC(C(=O)N=C1C=C(N2CCCC2)C=C/C1=C1\C(=O)C(=O)C(c2ccc(N3CCCC3)cc2NC(=O)C(OC(C)=O)c2ccccc2)=C1O)c1ccccc1. The molecule has 3 aromatic rings. The number of aliphatic hydroxyl groups is 1. The second-order valence-corrected chi connectivity index (χ2v) is 14.3. The van der Waals surface area contributed by atoms with Gasteiger partial charge in [-0.2, -0.15) is 0 Å². The molecule has 13 nitrogen and oxygen atoms in total. The predicted octanol–water partition coefficient (Wildman–Crippen LogP) is 6.07. The molecule has 7 rings (SSSR count). The molecule has 0 saturated carbocycles. The van der Waals surface area contributed by atoms with Crippen molar-refractivity contribution in [3.63, 3.8) is 0 Å². The highest BCUT2D eigenvalue weighted by molar-refractivity contribution is 6.63. The Labute approximate surface area is 335 Å². The number of allylic oxidation sites excluding steroid dienone is 6. The number of likely N-dealkylation sites (tertiary alicyclic amines) is 1. The Hall–Kier alpha value is -6.89. The molecule has 2 heterocycles. The molecule has 2 saturated heterocycles. The highest BCUT2D eigenvalue weighted by Crippen LogP contribution is 2.40. The van der Waals surface area contributed by atoms with E-state index >= 15 is 0 Å². The average Bonchev–Trinajstić information content (AvgIpc) is 4.00. The number of Topliss-reactive ketones (excluding diaryl/α,β-unsaturated/α-hetero) is 2. The number of carbonyl (C=O) groups is 6. The summed E-state index contributed by atoms with van der Waals surface area (Å²) in [5.74, 6) is -5.72. The third kappa shape index (κ3) is 8.29. The zero-order valence-electron chi connectivity index (χ0n) is 32.1. The Morgan fingerprint density at radius 3 is 1.86 bits per heavy atom. The number of esters is 2. The molecule has 0 radical (unpaired) electrons. The number of aliphatic imine (C=N–C) groups is 1. The molecule has 13 heteroatoms. The summed E-state index contributed by atoms with van der Waals surface area (Å²) < 4.78 is 10.9. The summed E-state index contributed by atoms with van der Waals surface area (Å²) in [7, 11) is 0. The van der Waals surface area contributed by atoms with Crippen molar-refractivity contribution in [1.29, 1.82) is 0 Å². The minimum absolute atomic E-state index is 0.00931. The summed E-state index contributed by atoms with van der Waals surface area (Å²) in [6.45, 7) is 5.39. The van der Waals surface area contributed by atoms with Gasteiger partial charge in [-0.15, -0.1) is 0 Å². The molecule has 2 fully saturated rings. The zero-order valence-corrected chi connectivity index (χ0v) is 32.1. The van der Waals surface area contributed by atoms with Gasteiger partial charge in [0.05, 0.1) is 22.5 Å². The fraction of sp³-hybridized carbons (Fsp3) is 0.267. The van der Waals surface area contributed by atoms with Crippen molar-refractivity contribution in [2.24, 2.45) is 4.99 Å². The van der Waals surface area contributed by atoms with Crippen LogP contribution < -0.4 is 10.2 Å². The van der Waals surface area contributed by atoms with Crippen LogP contribution >= 0.6 is 0 Å². The molecule has 0 spiro atoms. The fourth-order valence-corrected chi connectivity index (χ4v) is 7.59. The Balaban J connectivity index is 1.34. The van der Waals surface area contributed by atoms with Crippen LogP contribution in [-0.4, -0.2) is 77.2 Å². The summed E-state index contributed by atoms with van der Waals surface area (Å²) >= 11 is 0. The van der Waals surface area contributed by atoms with Crippen LogP contribution in [0.15, 0.2) is 125 Å². The second kappa shape index (κ2) is 17.1. The van der Waals surface area contributed by atoms with Gasteiger partial charge in [-0.25, -0.2) is 4.99 Å². The van der Waals surface area contributed by atoms with Crippen LogP contribution in [-0.2, 0) is 38.2 Å². The number of ketones is 2. The molecule has 2 atom stereocenters. The lowest BCUT2D eigenvalue weighted by atomic mass is 9.95. The molecule has 2 amide bonds. The van der Waals surface area contributed by atoms with E-state index in [1.807, 2.05) is 0 Å². The Bertz CT molecular complexity index is 2330. The van der Waals surface area contributed by atoms with Gasteiger partial charge in [0, 0.05) is 73.7 Å². The van der Waals surface area contributed by atoms with Crippen molar-refractivity contribution in [3.8, 4) is 0 Å². The molecule has 2 aliphatic heterocycles. The van der Waals surface area contributed by atoms with Gasteiger partial charge < -0.3 is 29.7 Å². The van der Waals surface area contributed by atoms with E-state index < -0.39 is 53.3 Å². The standard InChI is InChI=1S/C45H42N4O9/c1-27(50)57-42(29-13-5-3-6-14-29)44(55)46-35-25-31(48-21-9-10-22-48)17-19-33(35)37-39(52)38(41(54)40(37)53)34-20-18-32(49-23-11-12-24-49)26-36(34)47-45(56)43(58-28(2)51)30-15-7-4-8-16-30/h3-8,13-20,25-26,42-43,52H,9-12,21-24H2,1-2H3,(H,46,55)/b38-34+,47-36?. The van der Waals surface area contributed by atoms with Gasteiger partial charge in [0.2, 0.25) is 23.8 Å². The lowest BCUT2D eigenvalue weighted by molar-refractivity contribution is -0.153. The van der Waals surface area contributed by atoms with Crippen LogP contribution in [0, 0.1) is 0 Å². The Morgan fingerprint density at radius 1 is 0.707 bits per heavy atom. The summed E-state index contributed by atoms with van der Waals surface area (Å²) in [5, 5.41) is 14.8. The molecular weight excluding hydrogens is 741 g/mol. The number of aliphatic hydroxyl groups excluding tert-OH is 1. The predicted molar refractivity (Wildman–Crippen MR) is 215 cm³/mol. The first kappa shape index (κ1) is 39.3. The number of hydrogen-bond donors (Lipinski definition) is 2. The van der Waals surface area contributed by atoms with Crippen LogP contribution in [0.3, 0.4) is 0 Å². The van der Waals surface area contributed by atoms with E-state index in [1.54, 1.807) is 91.0 Å². The maximum Gasteiger partial charge on any atom is 0.303 e. The lowest BCUT2D eigenvalue weighted by Crippen LogP contribution is -2.26. The van der Waals surface area contributed by atoms with E-state index in [9.17, 15) is 33.9 Å². The normalized spacial score (nSPS) is 19.7. The summed E-state index contributed by atoms with van der Waals surface area (Å²) in [6.07, 6.45) is 5.95. The molecular formula is C45H42N4O9. The van der Waals surface area contributed by atoms with Crippen molar-refractivity contribution < 1.29 is 43.3 Å². The maximum absolute atomic E-state index is 14.1. The highest BCUT2D eigenvalue weighted by Gasteiger charge is 2.41. The van der Waals surface area contributed by atoms with Crippen LogP contribution in [0.4, 0.5) is 11.4 Å². The van der Waals surface area contributed by atoms with Crippen LogP contribution in [0.5, 0.6) is 0 Å². The summed E-state index contributed by atoms with van der Waals surface area (Å²) in [4.78, 5) is 88.8. The van der Waals surface area contributed by atoms with Crippen molar-refractivity contribution in [2.75, 3.05) is 36.4 Å². The highest BCUT2D eigenvalue weighted by atomic mass is 16.6. The first-order valence-corrected chi connectivity index (χ1v) is 19.2. The van der Waals surface area contributed by atoms with E-state index in [1.165, 1.54) is 19.9 Å². The molecule has 0 aromatic heterocycles. The third-order valence-corrected chi connectivity index (χ3v) is 10.3. The maximum atomic E-state index is 14.1. The van der Waals surface area contributed by atoms with E-state index in [4.69, 9.17) is 9.47 Å². The van der Waals surface area contributed by atoms with Gasteiger partial charge in [0.1, 0.15) is 5.76 Å².